The summed E-state index contributed by atoms with van der Waals surface area (Å²) in [5.74, 6) is 0.474. The van der Waals surface area contributed by atoms with Crippen LogP contribution in [0.5, 0.6) is 5.75 Å². The van der Waals surface area contributed by atoms with Crippen molar-refractivity contribution in [1.82, 2.24) is 9.88 Å². The van der Waals surface area contributed by atoms with Gasteiger partial charge in [0.2, 0.25) is 0 Å². The maximum Gasteiger partial charge on any atom is 0.407 e. The third kappa shape index (κ3) is 3.84. The van der Waals surface area contributed by atoms with E-state index >= 15 is 0 Å². The van der Waals surface area contributed by atoms with E-state index in [1.165, 1.54) is 17.0 Å². The van der Waals surface area contributed by atoms with Crippen molar-refractivity contribution in [3.05, 3.63) is 60.5 Å². The number of piperidine rings is 1. The topological polar surface area (TPSA) is 62.7 Å². The fourth-order valence-corrected chi connectivity index (χ4v) is 3.34. The third-order valence-corrected chi connectivity index (χ3v) is 4.85. The van der Waals surface area contributed by atoms with E-state index in [2.05, 4.69) is 4.98 Å². The van der Waals surface area contributed by atoms with Crippen LogP contribution in [0.3, 0.4) is 0 Å². The van der Waals surface area contributed by atoms with E-state index in [0.29, 0.717) is 31.4 Å². The van der Waals surface area contributed by atoms with Gasteiger partial charge in [0.15, 0.2) is 0 Å². The summed E-state index contributed by atoms with van der Waals surface area (Å²) >= 11 is 0. The molecule has 0 atom stereocenters. The first kappa shape index (κ1) is 17.3. The highest BCUT2D eigenvalue weighted by molar-refractivity contribution is 5.83. The predicted molar refractivity (Wildman–Crippen MR) is 100 cm³/mol. The van der Waals surface area contributed by atoms with Gasteiger partial charge >= 0.3 is 6.09 Å². The summed E-state index contributed by atoms with van der Waals surface area (Å²) in [5.41, 5.74) is 2.59. The molecule has 6 heteroatoms. The molecule has 138 valence electrons. The largest absolute Gasteiger partial charge is 0.490 e. The number of nitrogens with zero attached hydrogens (tertiary/aromatic N) is 2. The molecule has 1 N–H and O–H groups in total. The molecule has 1 aromatic heterocycles. The van der Waals surface area contributed by atoms with Crippen molar-refractivity contribution in [2.24, 2.45) is 0 Å². The van der Waals surface area contributed by atoms with E-state index in [9.17, 15) is 9.18 Å². The highest BCUT2D eigenvalue weighted by atomic mass is 19.1. The highest BCUT2D eigenvalue weighted by Gasteiger charge is 2.23. The Hall–Kier alpha value is -3.15. The smallest absolute Gasteiger partial charge is 0.407 e. The van der Waals surface area contributed by atoms with Crippen LogP contribution in [0.2, 0.25) is 0 Å². The second-order valence-electron chi connectivity index (χ2n) is 6.67. The Bertz CT molecular complexity index is 967. The Labute approximate surface area is 156 Å². The van der Waals surface area contributed by atoms with Crippen LogP contribution >= 0.6 is 0 Å². The monoisotopic (exact) mass is 366 g/mol. The molecule has 5 nitrogen and oxygen atoms in total. The quantitative estimate of drug-likeness (QED) is 0.738. The number of likely N-dealkylation sites (tertiary alicyclic amines) is 1. The number of halogens is 1. The number of benzene rings is 2. The van der Waals surface area contributed by atoms with Gasteiger partial charge in [-0.2, -0.15) is 0 Å². The molecule has 27 heavy (non-hydrogen) atoms. The van der Waals surface area contributed by atoms with Gasteiger partial charge in [-0.25, -0.2) is 9.18 Å². The average molecular weight is 366 g/mol. The highest BCUT2D eigenvalue weighted by Crippen LogP contribution is 2.26. The Morgan fingerprint density at radius 3 is 2.52 bits per heavy atom. The molecule has 0 radical (unpaired) electrons. The lowest BCUT2D eigenvalue weighted by atomic mass is 10.0. The summed E-state index contributed by atoms with van der Waals surface area (Å²) in [4.78, 5) is 16.7. The maximum absolute atomic E-state index is 13.3. The lowest BCUT2D eigenvalue weighted by Gasteiger charge is -2.30. The summed E-state index contributed by atoms with van der Waals surface area (Å²) in [5, 5.41) is 9.88. The van der Waals surface area contributed by atoms with E-state index in [0.717, 1.165) is 22.3 Å². The number of amides is 1. The number of rotatable bonds is 3. The van der Waals surface area contributed by atoms with Crippen molar-refractivity contribution in [2.75, 3.05) is 13.1 Å². The zero-order valence-electron chi connectivity index (χ0n) is 14.6. The summed E-state index contributed by atoms with van der Waals surface area (Å²) in [6.45, 7) is 1.00. The van der Waals surface area contributed by atoms with Crippen LogP contribution in [0.4, 0.5) is 9.18 Å². The van der Waals surface area contributed by atoms with Crippen molar-refractivity contribution in [3.63, 3.8) is 0 Å². The molecule has 0 unspecified atom stereocenters. The molecule has 0 bridgehead atoms. The van der Waals surface area contributed by atoms with Crippen LogP contribution < -0.4 is 4.74 Å². The number of carboxylic acid groups (broad SMARTS) is 1. The zero-order chi connectivity index (χ0) is 18.8. The Kier molecular flexibility index (Phi) is 4.62. The molecular formula is C21H19FN2O3. The molecule has 4 rings (SSSR count). The van der Waals surface area contributed by atoms with Gasteiger partial charge in [-0.3, -0.25) is 4.98 Å². The minimum absolute atomic E-state index is 0.0312. The molecule has 0 spiro atoms. The van der Waals surface area contributed by atoms with Crippen molar-refractivity contribution in [1.29, 1.82) is 0 Å². The first-order chi connectivity index (χ1) is 13.1. The SMILES string of the molecule is O=C(O)N1CCC(Oc2ccc(-c3cnc4cc(F)ccc4c3)cc2)CC1. The number of aromatic nitrogens is 1. The van der Waals surface area contributed by atoms with Gasteiger partial charge in [0.25, 0.3) is 0 Å². The summed E-state index contributed by atoms with van der Waals surface area (Å²) in [6.07, 6.45) is 2.28. The number of hydrogen-bond donors (Lipinski definition) is 1. The molecule has 2 heterocycles. The Balaban J connectivity index is 1.45. The molecule has 0 saturated carbocycles. The first-order valence-corrected chi connectivity index (χ1v) is 8.89. The Morgan fingerprint density at radius 2 is 1.81 bits per heavy atom. The summed E-state index contributed by atoms with van der Waals surface area (Å²) in [7, 11) is 0. The van der Waals surface area contributed by atoms with Crippen LogP contribution in [0.25, 0.3) is 22.0 Å². The average Bonchev–Trinajstić information content (AvgIpc) is 2.68. The minimum atomic E-state index is -0.871. The van der Waals surface area contributed by atoms with E-state index in [1.54, 1.807) is 12.3 Å². The molecular weight excluding hydrogens is 347 g/mol. The fourth-order valence-electron chi connectivity index (χ4n) is 3.34. The van der Waals surface area contributed by atoms with E-state index in [1.807, 2.05) is 30.3 Å². The van der Waals surface area contributed by atoms with Crippen molar-refractivity contribution < 1.29 is 19.0 Å². The maximum atomic E-state index is 13.3. The van der Waals surface area contributed by atoms with Gasteiger partial charge in [0.1, 0.15) is 17.7 Å². The Morgan fingerprint density at radius 1 is 1.07 bits per heavy atom. The molecule has 1 aliphatic heterocycles. The fraction of sp³-hybridized carbons (Fsp3) is 0.238. The third-order valence-electron chi connectivity index (χ3n) is 4.85. The molecule has 1 aliphatic rings. The van der Waals surface area contributed by atoms with Crippen LogP contribution in [-0.4, -0.2) is 40.3 Å². The summed E-state index contributed by atoms with van der Waals surface area (Å²) < 4.78 is 19.3. The molecule has 1 saturated heterocycles. The van der Waals surface area contributed by atoms with Crippen LogP contribution in [0, 0.1) is 5.82 Å². The van der Waals surface area contributed by atoms with Gasteiger partial charge in [0, 0.05) is 49.1 Å². The van der Waals surface area contributed by atoms with E-state index < -0.39 is 6.09 Å². The molecule has 1 fully saturated rings. The van der Waals surface area contributed by atoms with Crippen molar-refractivity contribution >= 4 is 17.0 Å². The first-order valence-electron chi connectivity index (χ1n) is 8.89. The van der Waals surface area contributed by atoms with Crippen LogP contribution in [0.1, 0.15) is 12.8 Å². The van der Waals surface area contributed by atoms with E-state index in [4.69, 9.17) is 9.84 Å². The molecule has 1 amide bonds. The lowest BCUT2D eigenvalue weighted by Crippen LogP contribution is -2.41. The van der Waals surface area contributed by atoms with Crippen LogP contribution in [0.15, 0.2) is 54.7 Å². The number of hydrogen-bond acceptors (Lipinski definition) is 3. The second-order valence-corrected chi connectivity index (χ2v) is 6.67. The van der Waals surface area contributed by atoms with Gasteiger partial charge in [0.05, 0.1) is 5.52 Å². The van der Waals surface area contributed by atoms with Crippen LogP contribution in [-0.2, 0) is 0 Å². The van der Waals surface area contributed by atoms with Crippen molar-refractivity contribution in [3.8, 4) is 16.9 Å². The summed E-state index contributed by atoms with van der Waals surface area (Å²) in [6, 6.07) is 14.3. The van der Waals surface area contributed by atoms with Gasteiger partial charge in [-0.05, 0) is 35.9 Å². The number of ether oxygens (including phenoxy) is 1. The minimum Gasteiger partial charge on any atom is -0.490 e. The van der Waals surface area contributed by atoms with Gasteiger partial charge < -0.3 is 14.7 Å². The zero-order valence-corrected chi connectivity index (χ0v) is 14.6. The lowest BCUT2D eigenvalue weighted by molar-refractivity contribution is 0.0895. The number of fused-ring (bicyclic) bond motifs is 1. The van der Waals surface area contributed by atoms with Gasteiger partial charge in [-0.15, -0.1) is 0 Å². The normalized spacial score (nSPS) is 15.1. The predicted octanol–water partition coefficient (Wildman–Crippen LogP) is 4.56. The standard InChI is InChI=1S/C21H19FN2O3/c22-17-4-1-15-11-16(13-23-20(15)12-17)14-2-5-18(6-3-14)27-19-7-9-24(10-8-19)21(25)26/h1-6,11-13,19H,7-10H2,(H,25,26). The van der Waals surface area contributed by atoms with E-state index in [-0.39, 0.29) is 11.9 Å². The molecule has 3 aromatic rings. The molecule has 2 aromatic carbocycles. The number of pyridine rings is 1. The second kappa shape index (κ2) is 7.23. The molecule has 0 aliphatic carbocycles. The number of carbonyl (C=O) groups is 1. The van der Waals surface area contributed by atoms with Gasteiger partial charge in [-0.1, -0.05) is 12.1 Å². The van der Waals surface area contributed by atoms with Crippen molar-refractivity contribution in [2.45, 2.75) is 18.9 Å².